The molecule has 1 fully saturated rings. The molecule has 0 saturated carbocycles. The van der Waals surface area contributed by atoms with E-state index in [9.17, 15) is 9.18 Å². The second-order valence-electron chi connectivity index (χ2n) is 4.91. The van der Waals surface area contributed by atoms with Gasteiger partial charge in [-0.05, 0) is 42.3 Å². The van der Waals surface area contributed by atoms with Gasteiger partial charge in [-0.2, -0.15) is 0 Å². The summed E-state index contributed by atoms with van der Waals surface area (Å²) in [6, 6.07) is 11.1. The summed E-state index contributed by atoms with van der Waals surface area (Å²) in [5.74, 6) is -0.461. The Hall–Kier alpha value is -1.56. The number of thioether (sulfide) groups is 1. The van der Waals surface area contributed by atoms with Crippen LogP contribution in [-0.4, -0.2) is 16.3 Å². The maximum absolute atomic E-state index is 12.9. The molecule has 3 nitrogen and oxygen atoms in total. The molecule has 1 unspecified atom stereocenters. The lowest BCUT2D eigenvalue weighted by molar-refractivity contribution is -0.118. The van der Waals surface area contributed by atoms with E-state index in [0.717, 1.165) is 5.56 Å². The van der Waals surface area contributed by atoms with Gasteiger partial charge < -0.3 is 5.32 Å². The standard InChI is InChI=1S/C16H11Cl2FN2OS/c17-12-3-1-2-9(14(12)18)8-13-15(22)21-16(23-13)20-11-6-4-10(19)5-7-11/h1-7,13H,8H2,(H,20,21,22). The zero-order valence-electron chi connectivity index (χ0n) is 11.7. The first-order valence-corrected chi connectivity index (χ1v) is 8.41. The van der Waals surface area contributed by atoms with Crippen LogP contribution in [0.1, 0.15) is 5.56 Å². The normalized spacial score (nSPS) is 19.2. The van der Waals surface area contributed by atoms with Crippen LogP contribution in [0, 0.1) is 5.82 Å². The minimum atomic E-state index is -0.329. The number of benzene rings is 2. The number of carbonyl (C=O) groups excluding carboxylic acids is 1. The minimum Gasteiger partial charge on any atom is -0.304 e. The lowest BCUT2D eigenvalue weighted by atomic mass is 10.1. The predicted molar refractivity (Wildman–Crippen MR) is 93.2 cm³/mol. The number of rotatable bonds is 3. The Morgan fingerprint density at radius 1 is 1.17 bits per heavy atom. The van der Waals surface area contributed by atoms with Crippen LogP contribution in [0.25, 0.3) is 0 Å². The minimum absolute atomic E-state index is 0.132. The second-order valence-corrected chi connectivity index (χ2v) is 6.88. The molecular formula is C16H11Cl2FN2OS. The molecule has 1 heterocycles. The third-order valence-corrected chi connectivity index (χ3v) is 5.21. The molecule has 1 aliphatic rings. The lowest BCUT2D eigenvalue weighted by Crippen LogP contribution is -2.26. The van der Waals surface area contributed by atoms with Crippen molar-refractivity contribution in [3.63, 3.8) is 0 Å². The third kappa shape index (κ3) is 3.86. The summed E-state index contributed by atoms with van der Waals surface area (Å²) in [5.41, 5.74) is 1.39. The van der Waals surface area contributed by atoms with Crippen molar-refractivity contribution in [2.24, 2.45) is 4.99 Å². The number of nitrogens with one attached hydrogen (secondary N) is 1. The summed E-state index contributed by atoms with van der Waals surface area (Å²) in [6.07, 6.45) is 0.457. The Morgan fingerprint density at radius 3 is 2.65 bits per heavy atom. The fourth-order valence-electron chi connectivity index (χ4n) is 2.13. The summed E-state index contributed by atoms with van der Waals surface area (Å²) in [4.78, 5) is 16.4. The molecule has 118 valence electrons. The van der Waals surface area contributed by atoms with Gasteiger partial charge in [-0.25, -0.2) is 9.38 Å². The molecule has 1 aliphatic heterocycles. The molecule has 1 amide bonds. The number of amidine groups is 1. The number of aliphatic imine (C=N–C) groups is 1. The SMILES string of the molecule is O=C1NC(=Nc2ccc(F)cc2)SC1Cc1cccc(Cl)c1Cl. The average Bonchev–Trinajstić information content (AvgIpc) is 2.86. The molecule has 3 rings (SSSR count). The number of hydrogen-bond acceptors (Lipinski definition) is 3. The smallest absolute Gasteiger partial charge is 0.239 e. The van der Waals surface area contributed by atoms with E-state index < -0.39 is 0 Å². The molecule has 2 aromatic carbocycles. The van der Waals surface area contributed by atoms with Crippen LogP contribution >= 0.6 is 35.0 Å². The fraction of sp³-hybridized carbons (Fsp3) is 0.125. The summed E-state index contributed by atoms with van der Waals surface area (Å²) < 4.78 is 12.9. The second kappa shape index (κ2) is 6.91. The van der Waals surface area contributed by atoms with Crippen molar-refractivity contribution < 1.29 is 9.18 Å². The molecule has 1 atom stereocenters. The molecule has 7 heteroatoms. The van der Waals surface area contributed by atoms with Crippen molar-refractivity contribution in [2.75, 3.05) is 0 Å². The Labute approximate surface area is 146 Å². The zero-order valence-corrected chi connectivity index (χ0v) is 14.1. The van der Waals surface area contributed by atoms with E-state index in [1.54, 1.807) is 24.3 Å². The molecule has 0 aromatic heterocycles. The summed E-state index contributed by atoms with van der Waals surface area (Å²) >= 11 is 13.5. The van der Waals surface area contributed by atoms with E-state index in [1.807, 2.05) is 6.07 Å². The predicted octanol–water partition coefficient (Wildman–Crippen LogP) is 4.59. The lowest BCUT2D eigenvalue weighted by Gasteiger charge is -2.08. The molecule has 0 aliphatic carbocycles. The Kier molecular flexibility index (Phi) is 4.90. The number of hydrogen-bond donors (Lipinski definition) is 1. The highest BCUT2D eigenvalue weighted by molar-refractivity contribution is 8.15. The molecule has 1 N–H and O–H groups in total. The van der Waals surface area contributed by atoms with Gasteiger partial charge in [-0.1, -0.05) is 47.1 Å². The van der Waals surface area contributed by atoms with Crippen LogP contribution in [0.5, 0.6) is 0 Å². The van der Waals surface area contributed by atoms with Gasteiger partial charge in [0, 0.05) is 0 Å². The van der Waals surface area contributed by atoms with Gasteiger partial charge >= 0.3 is 0 Å². The molecule has 1 saturated heterocycles. The number of nitrogens with zero attached hydrogens (tertiary/aromatic N) is 1. The van der Waals surface area contributed by atoms with Gasteiger partial charge in [0.1, 0.15) is 5.82 Å². The van der Waals surface area contributed by atoms with Crippen LogP contribution in [0.3, 0.4) is 0 Å². The Bertz CT molecular complexity index is 780. The number of halogens is 3. The third-order valence-electron chi connectivity index (χ3n) is 3.27. The quantitative estimate of drug-likeness (QED) is 0.860. The summed E-state index contributed by atoms with van der Waals surface area (Å²) in [6.45, 7) is 0. The topological polar surface area (TPSA) is 41.5 Å². The van der Waals surface area contributed by atoms with Gasteiger partial charge in [-0.15, -0.1) is 0 Å². The van der Waals surface area contributed by atoms with Gasteiger partial charge in [-0.3, -0.25) is 4.79 Å². The molecule has 0 radical (unpaired) electrons. The molecule has 0 spiro atoms. The van der Waals surface area contributed by atoms with Crippen molar-refractivity contribution in [1.29, 1.82) is 0 Å². The van der Waals surface area contributed by atoms with Crippen molar-refractivity contribution >= 4 is 51.7 Å². The number of carbonyl (C=O) groups is 1. The van der Waals surface area contributed by atoms with E-state index in [1.165, 1.54) is 23.9 Å². The van der Waals surface area contributed by atoms with E-state index in [2.05, 4.69) is 10.3 Å². The zero-order chi connectivity index (χ0) is 16.4. The largest absolute Gasteiger partial charge is 0.304 e. The van der Waals surface area contributed by atoms with Gasteiger partial charge in [0.15, 0.2) is 5.17 Å². The Balaban J connectivity index is 1.75. The molecule has 2 aromatic rings. The molecular weight excluding hydrogens is 358 g/mol. The van der Waals surface area contributed by atoms with Crippen LogP contribution in [0.4, 0.5) is 10.1 Å². The summed E-state index contributed by atoms with van der Waals surface area (Å²) in [7, 11) is 0. The van der Waals surface area contributed by atoms with Crippen molar-refractivity contribution in [3.05, 3.63) is 63.9 Å². The van der Waals surface area contributed by atoms with E-state index >= 15 is 0 Å². The highest BCUT2D eigenvalue weighted by atomic mass is 35.5. The maximum atomic E-state index is 12.9. The first-order valence-electron chi connectivity index (χ1n) is 6.77. The maximum Gasteiger partial charge on any atom is 0.239 e. The van der Waals surface area contributed by atoms with Crippen LogP contribution in [-0.2, 0) is 11.2 Å². The molecule has 23 heavy (non-hydrogen) atoms. The fourth-order valence-corrected chi connectivity index (χ4v) is 3.54. The van der Waals surface area contributed by atoms with Crippen molar-refractivity contribution in [3.8, 4) is 0 Å². The van der Waals surface area contributed by atoms with Crippen LogP contribution in [0.15, 0.2) is 47.5 Å². The van der Waals surface area contributed by atoms with E-state index in [-0.39, 0.29) is 17.0 Å². The molecule has 0 bridgehead atoms. The van der Waals surface area contributed by atoms with Crippen molar-refractivity contribution in [1.82, 2.24) is 5.32 Å². The number of amides is 1. The Morgan fingerprint density at radius 2 is 1.91 bits per heavy atom. The average molecular weight is 369 g/mol. The van der Waals surface area contributed by atoms with Crippen LogP contribution < -0.4 is 5.32 Å². The first-order chi connectivity index (χ1) is 11.0. The van der Waals surface area contributed by atoms with Gasteiger partial charge in [0.05, 0.1) is 21.0 Å². The van der Waals surface area contributed by atoms with Crippen molar-refractivity contribution in [2.45, 2.75) is 11.7 Å². The monoisotopic (exact) mass is 368 g/mol. The van der Waals surface area contributed by atoms with Gasteiger partial charge in [0.2, 0.25) is 5.91 Å². The highest BCUT2D eigenvalue weighted by Crippen LogP contribution is 2.31. The highest BCUT2D eigenvalue weighted by Gasteiger charge is 2.31. The van der Waals surface area contributed by atoms with Gasteiger partial charge in [0.25, 0.3) is 0 Å². The van der Waals surface area contributed by atoms with Crippen LogP contribution in [0.2, 0.25) is 10.0 Å². The first kappa shape index (κ1) is 16.3. The van der Waals surface area contributed by atoms with E-state index in [0.29, 0.717) is 27.3 Å². The summed E-state index contributed by atoms with van der Waals surface area (Å²) in [5, 5.41) is 3.82. The van der Waals surface area contributed by atoms with E-state index in [4.69, 9.17) is 23.2 Å².